The van der Waals surface area contributed by atoms with E-state index in [1.54, 1.807) is 12.1 Å². The average molecular weight is 299 g/mol. The number of phenolic OH excluding ortho intramolecular Hbond substituents is 1. The summed E-state index contributed by atoms with van der Waals surface area (Å²) in [6.07, 6.45) is 6.03. The van der Waals surface area contributed by atoms with Crippen molar-refractivity contribution in [2.75, 3.05) is 11.9 Å². The molecule has 5 nitrogen and oxygen atoms in total. The molecule has 0 spiro atoms. The van der Waals surface area contributed by atoms with E-state index in [0.717, 1.165) is 18.4 Å². The molecule has 22 heavy (non-hydrogen) atoms. The highest BCUT2D eigenvalue weighted by Crippen LogP contribution is 2.31. The van der Waals surface area contributed by atoms with Gasteiger partial charge >= 0.3 is 0 Å². The van der Waals surface area contributed by atoms with E-state index in [0.29, 0.717) is 30.6 Å². The number of rotatable bonds is 5. The van der Waals surface area contributed by atoms with Crippen LogP contribution in [0.4, 0.5) is 5.82 Å². The van der Waals surface area contributed by atoms with Crippen molar-refractivity contribution in [3.63, 3.8) is 0 Å². The molecule has 1 aliphatic rings. The monoisotopic (exact) mass is 299 g/mol. The van der Waals surface area contributed by atoms with Gasteiger partial charge in [0.1, 0.15) is 17.9 Å². The summed E-state index contributed by atoms with van der Waals surface area (Å²) in [4.78, 5) is 8.24. The van der Waals surface area contributed by atoms with E-state index in [1.807, 2.05) is 13.0 Å². The third-order valence-electron chi connectivity index (χ3n) is 4.01. The first-order valence-electron chi connectivity index (χ1n) is 7.79. The van der Waals surface area contributed by atoms with Crippen molar-refractivity contribution in [2.45, 2.75) is 39.2 Å². The highest BCUT2D eigenvalue weighted by atomic mass is 16.5. The van der Waals surface area contributed by atoms with Crippen molar-refractivity contribution in [1.82, 2.24) is 9.97 Å². The summed E-state index contributed by atoms with van der Waals surface area (Å²) in [5.74, 6) is 1.61. The van der Waals surface area contributed by atoms with Crippen molar-refractivity contribution in [1.29, 1.82) is 0 Å². The zero-order valence-corrected chi connectivity index (χ0v) is 12.8. The van der Waals surface area contributed by atoms with Crippen molar-refractivity contribution < 1.29 is 9.84 Å². The Labute approximate surface area is 130 Å². The van der Waals surface area contributed by atoms with E-state index in [2.05, 4.69) is 15.3 Å². The number of hydrogen-bond acceptors (Lipinski definition) is 5. The molecule has 0 fully saturated rings. The lowest BCUT2D eigenvalue weighted by atomic mass is 9.88. The van der Waals surface area contributed by atoms with E-state index in [4.69, 9.17) is 4.74 Å². The zero-order valence-electron chi connectivity index (χ0n) is 12.8. The molecular formula is C17H21N3O2. The van der Waals surface area contributed by atoms with Crippen molar-refractivity contribution in [3.8, 4) is 11.6 Å². The minimum absolute atomic E-state index is 0.354. The van der Waals surface area contributed by atoms with Crippen LogP contribution in [0.5, 0.6) is 11.6 Å². The van der Waals surface area contributed by atoms with E-state index in [9.17, 15) is 5.11 Å². The maximum atomic E-state index is 10.2. The number of benzene rings is 1. The average Bonchev–Trinajstić information content (AvgIpc) is 2.55. The fourth-order valence-electron chi connectivity index (χ4n) is 2.93. The molecule has 2 N–H and O–H groups in total. The Morgan fingerprint density at radius 3 is 2.95 bits per heavy atom. The fourth-order valence-corrected chi connectivity index (χ4v) is 2.93. The minimum atomic E-state index is 0.354. The lowest BCUT2D eigenvalue weighted by Crippen LogP contribution is -2.10. The predicted molar refractivity (Wildman–Crippen MR) is 85.3 cm³/mol. The molecule has 1 aromatic heterocycles. The number of hydrogen-bond donors (Lipinski definition) is 2. The van der Waals surface area contributed by atoms with Gasteiger partial charge in [-0.1, -0.05) is 6.07 Å². The summed E-state index contributed by atoms with van der Waals surface area (Å²) in [5, 5.41) is 13.4. The van der Waals surface area contributed by atoms with Gasteiger partial charge in [-0.25, -0.2) is 9.97 Å². The van der Waals surface area contributed by atoms with Crippen LogP contribution in [0, 0.1) is 0 Å². The highest BCUT2D eigenvalue weighted by molar-refractivity contribution is 5.48. The molecule has 116 valence electrons. The van der Waals surface area contributed by atoms with Gasteiger partial charge in [0.05, 0.1) is 6.61 Å². The van der Waals surface area contributed by atoms with Crippen LogP contribution in [-0.4, -0.2) is 21.7 Å². The van der Waals surface area contributed by atoms with E-state index in [1.165, 1.54) is 30.3 Å². The van der Waals surface area contributed by atoms with Gasteiger partial charge in [-0.05, 0) is 49.8 Å². The Morgan fingerprint density at radius 2 is 2.09 bits per heavy atom. The molecule has 0 bridgehead atoms. The van der Waals surface area contributed by atoms with Crippen LogP contribution in [-0.2, 0) is 19.4 Å². The largest absolute Gasteiger partial charge is 0.508 e. The van der Waals surface area contributed by atoms with E-state index >= 15 is 0 Å². The molecule has 2 aromatic rings. The van der Waals surface area contributed by atoms with Gasteiger partial charge in [-0.3, -0.25) is 0 Å². The van der Waals surface area contributed by atoms with Crippen molar-refractivity contribution >= 4 is 5.82 Å². The first kappa shape index (κ1) is 14.6. The maximum Gasteiger partial charge on any atom is 0.218 e. The normalized spacial score (nSPS) is 13.5. The van der Waals surface area contributed by atoms with Gasteiger partial charge in [-0.15, -0.1) is 0 Å². The molecule has 1 aliphatic carbocycles. The van der Waals surface area contributed by atoms with E-state index < -0.39 is 0 Å². The van der Waals surface area contributed by atoms with Crippen LogP contribution < -0.4 is 10.1 Å². The van der Waals surface area contributed by atoms with Crippen LogP contribution in [0.15, 0.2) is 24.5 Å². The molecule has 0 atom stereocenters. The molecule has 5 heteroatoms. The van der Waals surface area contributed by atoms with Gasteiger partial charge < -0.3 is 15.2 Å². The number of aromatic nitrogens is 2. The molecule has 0 radical (unpaired) electrons. The SMILES string of the molecule is CCOc1cc(NCc2c(O)ccc3c2CCCC3)ncn1. The summed E-state index contributed by atoms with van der Waals surface area (Å²) < 4.78 is 5.37. The Balaban J connectivity index is 1.78. The highest BCUT2D eigenvalue weighted by Gasteiger charge is 2.16. The van der Waals surface area contributed by atoms with Crippen LogP contribution in [0.2, 0.25) is 0 Å². The van der Waals surface area contributed by atoms with Crippen LogP contribution in [0.1, 0.15) is 36.5 Å². The molecule has 0 unspecified atom stereocenters. The maximum absolute atomic E-state index is 10.2. The second kappa shape index (κ2) is 6.64. The van der Waals surface area contributed by atoms with Gasteiger partial charge in [0.15, 0.2) is 0 Å². The number of anilines is 1. The minimum Gasteiger partial charge on any atom is -0.508 e. The van der Waals surface area contributed by atoms with Gasteiger partial charge in [0.2, 0.25) is 5.88 Å². The summed E-state index contributed by atoms with van der Waals surface area (Å²) in [6.45, 7) is 3.05. The first-order valence-corrected chi connectivity index (χ1v) is 7.79. The van der Waals surface area contributed by atoms with Crippen LogP contribution in [0.3, 0.4) is 0 Å². The molecule has 0 amide bonds. The molecular weight excluding hydrogens is 278 g/mol. The Kier molecular flexibility index (Phi) is 4.42. The Bertz CT molecular complexity index is 658. The number of fused-ring (bicyclic) bond motifs is 1. The Hall–Kier alpha value is -2.30. The predicted octanol–water partition coefficient (Wildman–Crippen LogP) is 3.07. The number of aryl methyl sites for hydroxylation is 1. The van der Waals surface area contributed by atoms with Crippen molar-refractivity contribution in [3.05, 3.63) is 41.2 Å². The number of ether oxygens (including phenoxy) is 1. The molecule has 1 aromatic carbocycles. The second-order valence-corrected chi connectivity index (χ2v) is 5.44. The topological polar surface area (TPSA) is 67.3 Å². The third kappa shape index (κ3) is 3.13. The number of nitrogens with one attached hydrogen (secondary N) is 1. The molecule has 0 saturated carbocycles. The summed E-state index contributed by atoms with van der Waals surface area (Å²) >= 11 is 0. The van der Waals surface area contributed by atoms with Crippen molar-refractivity contribution in [2.24, 2.45) is 0 Å². The number of nitrogens with zero attached hydrogens (tertiary/aromatic N) is 2. The second-order valence-electron chi connectivity index (χ2n) is 5.44. The standard InChI is InChI=1S/C17H21N3O2/c1-2-22-17-9-16(19-11-20-17)18-10-14-13-6-4-3-5-12(13)7-8-15(14)21/h7-9,11,21H,2-6,10H2,1H3,(H,18,19,20). The molecule has 0 aliphatic heterocycles. The number of aromatic hydroxyl groups is 1. The molecule has 0 saturated heterocycles. The lowest BCUT2D eigenvalue weighted by molar-refractivity contribution is 0.326. The summed E-state index contributed by atoms with van der Waals surface area (Å²) in [5.41, 5.74) is 3.63. The third-order valence-corrected chi connectivity index (χ3v) is 4.01. The van der Waals surface area contributed by atoms with Crippen LogP contribution >= 0.6 is 0 Å². The summed E-state index contributed by atoms with van der Waals surface area (Å²) in [6, 6.07) is 5.62. The van der Waals surface area contributed by atoms with E-state index in [-0.39, 0.29) is 0 Å². The quantitative estimate of drug-likeness (QED) is 0.888. The first-order chi connectivity index (χ1) is 10.8. The van der Waals surface area contributed by atoms with Gasteiger partial charge in [0.25, 0.3) is 0 Å². The number of phenols is 1. The summed E-state index contributed by atoms with van der Waals surface area (Å²) in [7, 11) is 0. The molecule has 1 heterocycles. The Morgan fingerprint density at radius 1 is 1.23 bits per heavy atom. The van der Waals surface area contributed by atoms with Gasteiger partial charge in [0, 0.05) is 18.2 Å². The zero-order chi connectivity index (χ0) is 15.4. The fraction of sp³-hybridized carbons (Fsp3) is 0.412. The van der Waals surface area contributed by atoms with Crippen LogP contribution in [0.25, 0.3) is 0 Å². The molecule has 3 rings (SSSR count). The lowest BCUT2D eigenvalue weighted by Gasteiger charge is -2.20. The van der Waals surface area contributed by atoms with Gasteiger partial charge in [-0.2, -0.15) is 0 Å². The smallest absolute Gasteiger partial charge is 0.218 e.